The molecule has 5 atom stereocenters. The van der Waals surface area contributed by atoms with Crippen molar-refractivity contribution in [3.05, 3.63) is 23.5 Å². The summed E-state index contributed by atoms with van der Waals surface area (Å²) in [6, 6.07) is 2.23. The molecule has 9 heteroatoms. The summed E-state index contributed by atoms with van der Waals surface area (Å²) < 4.78 is 26.2. The van der Waals surface area contributed by atoms with Crippen molar-refractivity contribution >= 4 is 17.8 Å². The highest BCUT2D eigenvalue weighted by Gasteiger charge is 2.51. The lowest BCUT2D eigenvalue weighted by atomic mass is 9.75. The third-order valence-corrected chi connectivity index (χ3v) is 9.23. The van der Waals surface area contributed by atoms with Crippen molar-refractivity contribution in [2.45, 2.75) is 90.8 Å². The van der Waals surface area contributed by atoms with Crippen molar-refractivity contribution in [2.24, 2.45) is 29.1 Å². The van der Waals surface area contributed by atoms with Gasteiger partial charge >= 0.3 is 5.97 Å². The lowest BCUT2D eigenvalue weighted by Gasteiger charge is -2.34. The molecule has 3 N–H and O–H groups in total. The number of ether oxygens (including phenoxy) is 2. The molecule has 2 bridgehead atoms. The van der Waals surface area contributed by atoms with Crippen LogP contribution in [0.25, 0.3) is 0 Å². The third kappa shape index (κ3) is 5.61. The number of aliphatic carboxylic acids is 1. The Bertz CT molecular complexity index is 1070. The Balaban J connectivity index is 1.49. The molecule has 38 heavy (non-hydrogen) atoms. The van der Waals surface area contributed by atoms with E-state index >= 15 is 0 Å². The molecule has 3 fully saturated rings. The zero-order chi connectivity index (χ0) is 27.8. The summed E-state index contributed by atoms with van der Waals surface area (Å²) in [5.74, 6) is -1.45. The number of fused-ring (bicyclic) bond motifs is 2. The number of hydrogen-bond acceptors (Lipinski definition) is 5. The van der Waals surface area contributed by atoms with Gasteiger partial charge in [0.15, 0.2) is 11.6 Å². The van der Waals surface area contributed by atoms with Crippen LogP contribution in [0, 0.1) is 34.9 Å². The zero-order valence-electron chi connectivity index (χ0n) is 23.0. The Morgan fingerprint density at radius 1 is 1.05 bits per heavy atom. The molecule has 3 saturated carbocycles. The maximum absolute atomic E-state index is 14.9. The lowest BCUT2D eigenvalue weighted by Crippen LogP contribution is -2.51. The summed E-state index contributed by atoms with van der Waals surface area (Å²) in [6.45, 7) is 7.82. The molecule has 1 aromatic carbocycles. The fourth-order valence-corrected chi connectivity index (χ4v) is 6.30. The van der Waals surface area contributed by atoms with E-state index in [0.717, 1.165) is 25.3 Å². The van der Waals surface area contributed by atoms with Gasteiger partial charge in [-0.2, -0.15) is 0 Å². The molecule has 0 saturated heterocycles. The number of nitrogens with one attached hydrogen (secondary N) is 2. The molecule has 0 heterocycles. The van der Waals surface area contributed by atoms with Gasteiger partial charge in [0.25, 0.3) is 5.91 Å². The first-order valence-corrected chi connectivity index (χ1v) is 13.8. The zero-order valence-corrected chi connectivity index (χ0v) is 23.0. The highest BCUT2D eigenvalue weighted by atomic mass is 19.1. The van der Waals surface area contributed by atoms with Gasteiger partial charge in [0.1, 0.15) is 5.75 Å². The average Bonchev–Trinajstić information content (AvgIpc) is 3.48. The molecule has 3 aliphatic carbocycles. The van der Waals surface area contributed by atoms with Crippen LogP contribution in [-0.2, 0) is 9.59 Å². The molecule has 3 aliphatic rings. The van der Waals surface area contributed by atoms with Gasteiger partial charge in [-0.1, -0.05) is 13.8 Å². The third-order valence-electron chi connectivity index (χ3n) is 9.23. The van der Waals surface area contributed by atoms with E-state index in [9.17, 15) is 23.9 Å². The molecule has 1 aromatic rings. The van der Waals surface area contributed by atoms with Crippen LogP contribution in [0.2, 0.25) is 0 Å². The van der Waals surface area contributed by atoms with Crippen LogP contribution in [0.5, 0.6) is 11.5 Å². The van der Waals surface area contributed by atoms with Gasteiger partial charge in [-0.25, -0.2) is 4.39 Å². The van der Waals surface area contributed by atoms with E-state index in [1.807, 2.05) is 6.92 Å². The Morgan fingerprint density at radius 2 is 1.71 bits per heavy atom. The molecule has 210 valence electrons. The van der Waals surface area contributed by atoms with Gasteiger partial charge in [0.05, 0.1) is 30.1 Å². The minimum Gasteiger partial charge on any atom is -0.496 e. The monoisotopic (exact) mass is 532 g/mol. The number of carboxylic acids is 1. The van der Waals surface area contributed by atoms with Crippen LogP contribution in [0.15, 0.2) is 12.1 Å². The van der Waals surface area contributed by atoms with Crippen LogP contribution in [0.1, 0.15) is 83.0 Å². The van der Waals surface area contributed by atoms with Crippen LogP contribution in [-0.4, -0.2) is 48.2 Å². The summed E-state index contributed by atoms with van der Waals surface area (Å²) in [5, 5.41) is 15.7. The Morgan fingerprint density at radius 3 is 2.32 bits per heavy atom. The molecular formula is C29H41FN2O6. The maximum atomic E-state index is 14.9. The smallest absolute Gasteiger partial charge is 0.309 e. The number of carbonyl (C=O) groups is 3. The number of halogens is 1. The Kier molecular flexibility index (Phi) is 8.23. The quantitative estimate of drug-likeness (QED) is 0.430. The van der Waals surface area contributed by atoms with Crippen molar-refractivity contribution in [1.82, 2.24) is 10.6 Å². The fourth-order valence-electron chi connectivity index (χ4n) is 6.30. The van der Waals surface area contributed by atoms with Crippen LogP contribution < -0.4 is 20.1 Å². The van der Waals surface area contributed by atoms with E-state index in [0.29, 0.717) is 31.6 Å². The van der Waals surface area contributed by atoms with E-state index in [4.69, 9.17) is 9.47 Å². The predicted molar refractivity (Wildman–Crippen MR) is 140 cm³/mol. The topological polar surface area (TPSA) is 114 Å². The van der Waals surface area contributed by atoms with Gasteiger partial charge < -0.3 is 25.2 Å². The minimum absolute atomic E-state index is 0.0237. The number of carboxylic acid groups (broad SMARTS) is 1. The van der Waals surface area contributed by atoms with Gasteiger partial charge in [-0.3, -0.25) is 14.4 Å². The van der Waals surface area contributed by atoms with Crippen molar-refractivity contribution < 1.29 is 33.4 Å². The molecule has 0 aromatic heterocycles. The summed E-state index contributed by atoms with van der Waals surface area (Å²) in [7, 11) is 1.38. The molecule has 0 aliphatic heterocycles. The maximum Gasteiger partial charge on any atom is 0.309 e. The molecule has 2 amide bonds. The number of benzene rings is 1. The molecule has 4 rings (SSSR count). The highest BCUT2D eigenvalue weighted by molar-refractivity contribution is 5.98. The first-order chi connectivity index (χ1) is 17.9. The first-order valence-electron chi connectivity index (χ1n) is 13.8. The number of methoxy groups -OCH3 is 1. The van der Waals surface area contributed by atoms with Crippen molar-refractivity contribution in [3.8, 4) is 11.5 Å². The van der Waals surface area contributed by atoms with Gasteiger partial charge in [0, 0.05) is 18.2 Å². The predicted octanol–water partition coefficient (Wildman–Crippen LogP) is 4.55. The van der Waals surface area contributed by atoms with E-state index in [2.05, 4.69) is 24.5 Å². The van der Waals surface area contributed by atoms with Gasteiger partial charge in [-0.15, -0.1) is 0 Å². The largest absolute Gasteiger partial charge is 0.496 e. The van der Waals surface area contributed by atoms with Crippen molar-refractivity contribution in [3.63, 3.8) is 0 Å². The van der Waals surface area contributed by atoms with Crippen molar-refractivity contribution in [1.29, 1.82) is 0 Å². The van der Waals surface area contributed by atoms with E-state index in [1.165, 1.54) is 13.2 Å². The second-order valence-electron chi connectivity index (χ2n) is 12.1. The summed E-state index contributed by atoms with van der Waals surface area (Å²) >= 11 is 0. The van der Waals surface area contributed by atoms with E-state index in [-0.39, 0.29) is 58.9 Å². The normalized spacial score (nSPS) is 31.1. The van der Waals surface area contributed by atoms with Crippen LogP contribution >= 0.6 is 0 Å². The summed E-state index contributed by atoms with van der Waals surface area (Å²) in [6.07, 6.45) is 4.32. The fraction of sp³-hybridized carbons (Fsp3) is 0.690. The van der Waals surface area contributed by atoms with Gasteiger partial charge in [0.2, 0.25) is 5.91 Å². The summed E-state index contributed by atoms with van der Waals surface area (Å²) in [4.78, 5) is 38.3. The van der Waals surface area contributed by atoms with Gasteiger partial charge in [-0.05, 0) is 82.6 Å². The van der Waals surface area contributed by atoms with Crippen LogP contribution in [0.4, 0.5) is 4.39 Å². The second kappa shape index (κ2) is 11.1. The van der Waals surface area contributed by atoms with E-state index in [1.54, 1.807) is 6.92 Å². The average molecular weight is 533 g/mol. The van der Waals surface area contributed by atoms with Crippen molar-refractivity contribution in [2.75, 3.05) is 7.11 Å². The highest BCUT2D eigenvalue weighted by Crippen LogP contribution is 2.49. The standard InChI is InChI=1S/C29H41FN2O6/c1-15(2)16(3)31-27(34)24-17-6-7-18(12-17)25(24)32-26(33)20-13-23(21(30)14-22(20)37-5)38-19-8-10-29(4,11-9-19)28(35)36/h13-19,24-25H,6-12H2,1-5H3,(H,31,34)(H,32,33)(H,35,36)/t16-,17+,18-,19?,24-,25+,29?/m0/s1. The number of carbonyl (C=O) groups excluding carboxylic acids is 2. The molecule has 8 nitrogen and oxygen atoms in total. The summed E-state index contributed by atoms with van der Waals surface area (Å²) in [5.41, 5.74) is -0.660. The van der Waals surface area contributed by atoms with Crippen LogP contribution in [0.3, 0.4) is 0 Å². The molecule has 0 unspecified atom stereocenters. The Labute approximate surface area is 224 Å². The minimum atomic E-state index is -0.836. The molecule has 0 spiro atoms. The Hall–Kier alpha value is -2.84. The number of amides is 2. The lowest BCUT2D eigenvalue weighted by molar-refractivity contribution is -0.150. The molecular weight excluding hydrogens is 491 g/mol. The second-order valence-corrected chi connectivity index (χ2v) is 12.1. The SMILES string of the molecule is COc1cc(F)c(OC2CCC(C)(C(=O)O)CC2)cc1C(=O)N[C@@H]1[C@H]2CC[C@H](C2)[C@@H]1C(=O)N[C@@H](C)C(C)C. The number of hydrogen-bond donors (Lipinski definition) is 3. The molecule has 0 radical (unpaired) electrons. The first kappa shape index (κ1) is 28.2. The van der Waals surface area contributed by atoms with E-state index < -0.39 is 23.1 Å². The number of rotatable bonds is 9.